The van der Waals surface area contributed by atoms with Gasteiger partial charge in [0.25, 0.3) is 0 Å². The summed E-state index contributed by atoms with van der Waals surface area (Å²) in [4.78, 5) is 29.0. The fourth-order valence-electron chi connectivity index (χ4n) is 0.895. The maximum Gasteiger partial charge on any atom is 0.320 e. The summed E-state index contributed by atoms with van der Waals surface area (Å²) in [5, 5.41) is 26.7. The Balaban J connectivity index is 0. The lowest BCUT2D eigenvalue weighted by Gasteiger charge is -1.99. The molecule has 0 radical (unpaired) electrons. The molecule has 2 atom stereocenters. The minimum absolute atomic E-state index is 0.269. The van der Waals surface area contributed by atoms with E-state index in [1.54, 1.807) is 0 Å². The number of carboxylic acid groups (broad SMARTS) is 3. The van der Waals surface area contributed by atoms with Crippen LogP contribution in [0.1, 0.15) is 19.8 Å². The summed E-state index contributed by atoms with van der Waals surface area (Å²) in [5.74, 6) is -2.65. The molecule has 1 saturated heterocycles. The van der Waals surface area contributed by atoms with Gasteiger partial charge in [-0.2, -0.15) is 0 Å². The third-order valence-electron chi connectivity index (χ3n) is 1.92. The maximum absolute atomic E-state index is 10.1. The maximum atomic E-state index is 10.1. The van der Waals surface area contributed by atoms with Crippen molar-refractivity contribution in [1.82, 2.24) is 5.32 Å². The fourth-order valence-corrected chi connectivity index (χ4v) is 0.895. The van der Waals surface area contributed by atoms with E-state index in [0.29, 0.717) is 0 Å². The van der Waals surface area contributed by atoms with Crippen molar-refractivity contribution in [3.05, 3.63) is 0 Å². The Kier molecular flexibility index (Phi) is 11.8. The molecule has 9 nitrogen and oxygen atoms in total. The first kappa shape index (κ1) is 19.6. The summed E-state index contributed by atoms with van der Waals surface area (Å²) in [6.07, 6.45) is 1.78. The summed E-state index contributed by atoms with van der Waals surface area (Å²) in [5.41, 5.74) is 9.41. The van der Waals surface area contributed by atoms with Crippen LogP contribution < -0.4 is 16.8 Å². The largest absolute Gasteiger partial charge is 0.480 e. The Labute approximate surface area is 110 Å². The number of hydrogen-bond acceptors (Lipinski definition) is 6. The van der Waals surface area contributed by atoms with Gasteiger partial charge >= 0.3 is 17.9 Å². The van der Waals surface area contributed by atoms with E-state index in [4.69, 9.17) is 21.1 Å². The Bertz CT molecular complexity index is 289. The smallest absolute Gasteiger partial charge is 0.320 e. The second-order valence-corrected chi connectivity index (χ2v) is 3.71. The van der Waals surface area contributed by atoms with Crippen LogP contribution in [-0.2, 0) is 14.4 Å². The Morgan fingerprint density at radius 3 is 1.84 bits per heavy atom. The summed E-state index contributed by atoms with van der Waals surface area (Å²) in [6, 6.07) is -1.00. The molecule has 9 heteroatoms. The van der Waals surface area contributed by atoms with Gasteiger partial charge in [-0.1, -0.05) is 0 Å². The second-order valence-electron chi connectivity index (χ2n) is 3.71. The van der Waals surface area contributed by atoms with Crippen LogP contribution >= 0.6 is 0 Å². The van der Waals surface area contributed by atoms with Crippen LogP contribution in [0, 0.1) is 0 Å². The average molecular weight is 279 g/mol. The van der Waals surface area contributed by atoms with Gasteiger partial charge in [-0.3, -0.25) is 14.4 Å². The first-order chi connectivity index (χ1) is 8.72. The number of rotatable bonds is 3. The lowest BCUT2D eigenvalue weighted by Crippen LogP contribution is -2.29. The number of nitrogens with one attached hydrogen (secondary N) is 1. The van der Waals surface area contributed by atoms with Gasteiger partial charge in [-0.15, -0.1) is 0 Å². The molecule has 0 aromatic carbocycles. The van der Waals surface area contributed by atoms with E-state index in [0.717, 1.165) is 19.4 Å². The minimum atomic E-state index is -0.968. The van der Waals surface area contributed by atoms with E-state index >= 15 is 0 Å². The predicted octanol–water partition coefficient (Wildman–Crippen LogP) is -1.73. The van der Waals surface area contributed by atoms with Crippen molar-refractivity contribution in [2.75, 3.05) is 13.1 Å². The van der Waals surface area contributed by atoms with Gasteiger partial charge in [-0.25, -0.2) is 0 Å². The first-order valence-corrected chi connectivity index (χ1v) is 5.58. The quantitative estimate of drug-likeness (QED) is 0.350. The van der Waals surface area contributed by atoms with Crippen LogP contribution in [0.25, 0.3) is 0 Å². The van der Waals surface area contributed by atoms with Gasteiger partial charge in [0.05, 0.1) is 6.54 Å². The molecule has 1 fully saturated rings. The van der Waals surface area contributed by atoms with E-state index in [1.165, 1.54) is 6.92 Å². The minimum Gasteiger partial charge on any atom is -0.480 e. The number of carboxylic acids is 3. The highest BCUT2D eigenvalue weighted by Gasteiger charge is 2.20. The van der Waals surface area contributed by atoms with Crippen molar-refractivity contribution in [1.29, 1.82) is 0 Å². The third-order valence-corrected chi connectivity index (χ3v) is 1.92. The molecule has 1 aliphatic rings. The number of aliphatic carboxylic acids is 3. The summed E-state index contributed by atoms with van der Waals surface area (Å²) in [6.45, 7) is 2.00. The monoisotopic (exact) mass is 279 g/mol. The van der Waals surface area contributed by atoms with Crippen LogP contribution in [0.15, 0.2) is 0 Å². The highest BCUT2D eigenvalue weighted by Crippen LogP contribution is 2.03. The fraction of sp³-hybridized carbons (Fsp3) is 0.700. The van der Waals surface area contributed by atoms with Gasteiger partial charge in [0, 0.05) is 0 Å². The van der Waals surface area contributed by atoms with E-state index < -0.39 is 23.9 Å². The summed E-state index contributed by atoms with van der Waals surface area (Å²) in [7, 11) is 0. The Hall–Kier alpha value is -1.71. The first-order valence-electron chi connectivity index (χ1n) is 5.58. The normalized spacial score (nSPS) is 18.2. The zero-order chi connectivity index (χ0) is 15.4. The van der Waals surface area contributed by atoms with Crippen LogP contribution in [0.4, 0.5) is 0 Å². The molecule has 1 heterocycles. The highest BCUT2D eigenvalue weighted by molar-refractivity contribution is 5.73. The van der Waals surface area contributed by atoms with Crippen molar-refractivity contribution < 1.29 is 29.7 Å². The number of nitrogens with two attached hydrogens (primary N) is 2. The van der Waals surface area contributed by atoms with E-state index in [-0.39, 0.29) is 12.6 Å². The molecule has 112 valence electrons. The third kappa shape index (κ3) is 14.2. The van der Waals surface area contributed by atoms with E-state index in [9.17, 15) is 14.4 Å². The molecular weight excluding hydrogens is 258 g/mol. The Morgan fingerprint density at radius 2 is 1.74 bits per heavy atom. The predicted molar refractivity (Wildman–Crippen MR) is 66.6 cm³/mol. The van der Waals surface area contributed by atoms with Crippen LogP contribution in [0.2, 0.25) is 0 Å². The molecular formula is C10H21N3O6. The topological polar surface area (TPSA) is 176 Å². The molecule has 0 saturated carbocycles. The van der Waals surface area contributed by atoms with Crippen molar-refractivity contribution in [2.24, 2.45) is 11.5 Å². The average Bonchev–Trinajstić information content (AvgIpc) is 2.84. The van der Waals surface area contributed by atoms with E-state index in [2.05, 4.69) is 11.1 Å². The zero-order valence-corrected chi connectivity index (χ0v) is 10.7. The summed E-state index contributed by atoms with van der Waals surface area (Å²) < 4.78 is 0. The molecule has 1 rings (SSSR count). The number of carbonyl (C=O) groups is 3. The van der Waals surface area contributed by atoms with Crippen molar-refractivity contribution >= 4 is 17.9 Å². The molecule has 0 spiro atoms. The lowest BCUT2D eigenvalue weighted by atomic mass is 10.2. The number of hydrogen-bond donors (Lipinski definition) is 6. The molecule has 0 amide bonds. The molecule has 0 aromatic heterocycles. The van der Waals surface area contributed by atoms with Gasteiger partial charge in [0.2, 0.25) is 0 Å². The molecule has 0 aliphatic carbocycles. The van der Waals surface area contributed by atoms with Crippen LogP contribution in [0.5, 0.6) is 0 Å². The molecule has 1 aliphatic heterocycles. The SMILES string of the molecule is C[C@H](N)C(=O)O.NCC(=O)O.O=C(O)[C@@H]1CCCN1. The van der Waals surface area contributed by atoms with E-state index in [1.807, 2.05) is 0 Å². The van der Waals surface area contributed by atoms with Gasteiger partial charge in [0.1, 0.15) is 12.1 Å². The lowest BCUT2D eigenvalue weighted by molar-refractivity contribution is -0.139. The second kappa shape index (κ2) is 11.4. The molecule has 0 aromatic rings. The van der Waals surface area contributed by atoms with Gasteiger partial charge in [-0.05, 0) is 26.3 Å². The Morgan fingerprint density at radius 1 is 1.32 bits per heavy atom. The molecule has 0 unspecified atom stereocenters. The molecule has 8 N–H and O–H groups in total. The van der Waals surface area contributed by atoms with Crippen molar-refractivity contribution in [3.8, 4) is 0 Å². The van der Waals surface area contributed by atoms with Crippen molar-refractivity contribution in [2.45, 2.75) is 31.8 Å². The van der Waals surface area contributed by atoms with Gasteiger partial charge < -0.3 is 32.1 Å². The zero-order valence-electron chi connectivity index (χ0n) is 10.7. The van der Waals surface area contributed by atoms with Crippen LogP contribution in [-0.4, -0.2) is 58.4 Å². The standard InChI is InChI=1S/C5H9NO2.C3H7NO2.C2H5NO2/c7-5(8)4-2-1-3-6-4;1-2(4)3(5)6;3-1-2(4)5/h4,6H,1-3H2,(H,7,8);2H,4H2,1H3,(H,5,6);1,3H2,(H,4,5)/t4-;2-;/m00./s1. The highest BCUT2D eigenvalue weighted by atomic mass is 16.4. The summed E-state index contributed by atoms with van der Waals surface area (Å²) >= 11 is 0. The molecule has 0 bridgehead atoms. The van der Waals surface area contributed by atoms with Gasteiger partial charge in [0.15, 0.2) is 0 Å². The molecule has 19 heavy (non-hydrogen) atoms. The van der Waals surface area contributed by atoms with Crippen molar-refractivity contribution in [3.63, 3.8) is 0 Å². The van der Waals surface area contributed by atoms with Crippen LogP contribution in [0.3, 0.4) is 0 Å².